The van der Waals surface area contributed by atoms with Crippen molar-refractivity contribution >= 4 is 16.9 Å². The number of carboxylic acid groups (broad SMARTS) is 1. The summed E-state index contributed by atoms with van der Waals surface area (Å²) in [4.78, 5) is 22.0. The van der Waals surface area contributed by atoms with Gasteiger partial charge in [0.15, 0.2) is 0 Å². The summed E-state index contributed by atoms with van der Waals surface area (Å²) >= 11 is 0. The molecular weight excluding hydrogens is 210 g/mol. The van der Waals surface area contributed by atoms with Gasteiger partial charge in [0.25, 0.3) is 0 Å². The van der Waals surface area contributed by atoms with Crippen LogP contribution < -0.4 is 5.63 Å². The molecule has 0 bridgehead atoms. The molecule has 0 radical (unpaired) electrons. The Balaban J connectivity index is 2.58. The summed E-state index contributed by atoms with van der Waals surface area (Å²) in [5.41, 5.74) is 0.867. The summed E-state index contributed by atoms with van der Waals surface area (Å²) in [6.07, 6.45) is -0.0906. The van der Waals surface area contributed by atoms with Crippen LogP contribution >= 0.6 is 0 Å². The molecule has 0 aliphatic rings. The van der Waals surface area contributed by atoms with Crippen molar-refractivity contribution in [2.45, 2.75) is 19.9 Å². The zero-order valence-corrected chi connectivity index (χ0v) is 8.77. The van der Waals surface area contributed by atoms with Crippen LogP contribution in [0.2, 0.25) is 0 Å². The zero-order chi connectivity index (χ0) is 11.7. The molecule has 1 aromatic heterocycles. The number of fused-ring (bicyclic) bond motifs is 1. The van der Waals surface area contributed by atoms with Crippen LogP contribution in [0.4, 0.5) is 0 Å². The van der Waals surface area contributed by atoms with Crippen molar-refractivity contribution in [1.29, 1.82) is 0 Å². The summed E-state index contributed by atoms with van der Waals surface area (Å²) in [5.74, 6) is -0.918. The van der Waals surface area contributed by atoms with Crippen molar-refractivity contribution in [2.75, 3.05) is 0 Å². The summed E-state index contributed by atoms with van der Waals surface area (Å²) in [5, 5.41) is 9.08. The lowest BCUT2D eigenvalue weighted by atomic mass is 10.1. The molecular formula is C11H11NO4. The fraction of sp³-hybridized carbons (Fsp3) is 0.273. The first kappa shape index (κ1) is 10.5. The van der Waals surface area contributed by atoms with Crippen LogP contribution in [0.15, 0.2) is 27.5 Å². The summed E-state index contributed by atoms with van der Waals surface area (Å²) < 4.78 is 6.48. The Morgan fingerprint density at radius 2 is 2.25 bits per heavy atom. The van der Waals surface area contributed by atoms with Crippen LogP contribution in [0.25, 0.3) is 10.9 Å². The van der Waals surface area contributed by atoms with Crippen molar-refractivity contribution in [3.63, 3.8) is 0 Å². The first-order chi connectivity index (χ1) is 7.61. The Kier molecular flexibility index (Phi) is 2.52. The molecule has 0 spiro atoms. The van der Waals surface area contributed by atoms with E-state index < -0.39 is 11.6 Å². The van der Waals surface area contributed by atoms with Gasteiger partial charge in [0.05, 0.1) is 23.9 Å². The summed E-state index contributed by atoms with van der Waals surface area (Å²) in [6.45, 7) is 2.44. The van der Waals surface area contributed by atoms with Crippen molar-refractivity contribution in [3.05, 3.63) is 34.2 Å². The van der Waals surface area contributed by atoms with Crippen LogP contribution in [0.3, 0.4) is 0 Å². The smallest absolute Gasteiger partial charge is 0.365 e. The number of benzene rings is 1. The Labute approximate surface area is 90.9 Å². The van der Waals surface area contributed by atoms with E-state index in [4.69, 9.17) is 9.63 Å². The number of carbonyl (C=O) groups is 1. The molecule has 0 fully saturated rings. The highest BCUT2D eigenvalue weighted by Crippen LogP contribution is 2.14. The second-order valence-electron chi connectivity index (χ2n) is 3.50. The number of aromatic nitrogens is 1. The molecule has 0 aliphatic heterocycles. The highest BCUT2D eigenvalue weighted by Gasteiger charge is 2.09. The Hall–Kier alpha value is -2.04. The van der Waals surface area contributed by atoms with Crippen molar-refractivity contribution < 1.29 is 14.4 Å². The second kappa shape index (κ2) is 3.84. The Bertz CT molecular complexity index is 594. The fourth-order valence-corrected chi connectivity index (χ4v) is 1.68. The lowest BCUT2D eigenvalue weighted by Gasteiger charge is -1.98. The van der Waals surface area contributed by atoms with Crippen molar-refractivity contribution in [3.8, 4) is 0 Å². The molecule has 1 N–H and O–H groups in total. The molecule has 0 saturated carbocycles. The molecule has 5 heteroatoms. The van der Waals surface area contributed by atoms with E-state index in [1.807, 2.05) is 6.92 Å². The van der Waals surface area contributed by atoms with E-state index in [1.165, 1.54) is 4.74 Å². The molecule has 0 saturated heterocycles. The van der Waals surface area contributed by atoms with E-state index in [-0.39, 0.29) is 6.42 Å². The third-order valence-corrected chi connectivity index (χ3v) is 2.39. The van der Waals surface area contributed by atoms with Crippen LogP contribution in [-0.2, 0) is 17.8 Å². The monoisotopic (exact) mass is 221 g/mol. The quantitative estimate of drug-likeness (QED) is 0.846. The third-order valence-electron chi connectivity index (χ3n) is 2.39. The zero-order valence-electron chi connectivity index (χ0n) is 8.77. The minimum atomic E-state index is -0.918. The molecule has 2 aromatic rings. The molecule has 0 unspecified atom stereocenters. The minimum absolute atomic E-state index is 0.0906. The predicted molar refractivity (Wildman–Crippen MR) is 57.5 cm³/mol. The summed E-state index contributed by atoms with van der Waals surface area (Å²) in [6, 6.07) is 4.97. The Morgan fingerprint density at radius 3 is 2.88 bits per heavy atom. The topological polar surface area (TPSA) is 72.4 Å². The second-order valence-corrected chi connectivity index (χ2v) is 3.50. The first-order valence-corrected chi connectivity index (χ1v) is 4.96. The van der Waals surface area contributed by atoms with Gasteiger partial charge in [-0.3, -0.25) is 4.79 Å². The molecule has 0 atom stereocenters. The molecule has 84 valence electrons. The third kappa shape index (κ3) is 1.71. The highest BCUT2D eigenvalue weighted by molar-refractivity contribution is 5.80. The van der Waals surface area contributed by atoms with E-state index in [0.717, 1.165) is 0 Å². The molecule has 2 rings (SSSR count). The number of carboxylic acids is 1. The van der Waals surface area contributed by atoms with Gasteiger partial charge in [0.2, 0.25) is 0 Å². The number of nitrogens with zero attached hydrogens (tertiary/aromatic N) is 1. The van der Waals surface area contributed by atoms with E-state index >= 15 is 0 Å². The number of aliphatic carboxylic acids is 1. The minimum Gasteiger partial charge on any atom is -0.481 e. The maximum atomic E-state index is 11.5. The average molecular weight is 221 g/mol. The first-order valence-electron chi connectivity index (χ1n) is 4.96. The molecule has 1 heterocycles. The fourth-order valence-electron chi connectivity index (χ4n) is 1.68. The number of aryl methyl sites for hydroxylation is 1. The lowest BCUT2D eigenvalue weighted by molar-refractivity contribution is -0.136. The van der Waals surface area contributed by atoms with Gasteiger partial charge in [0, 0.05) is 0 Å². The maximum absolute atomic E-state index is 11.5. The molecule has 0 aliphatic carbocycles. The van der Waals surface area contributed by atoms with Crippen LogP contribution in [0.1, 0.15) is 12.5 Å². The van der Waals surface area contributed by atoms with Crippen LogP contribution in [0, 0.1) is 0 Å². The summed E-state index contributed by atoms with van der Waals surface area (Å²) in [7, 11) is 0. The van der Waals surface area contributed by atoms with Gasteiger partial charge in [-0.1, -0.05) is 6.07 Å². The van der Waals surface area contributed by atoms with Crippen molar-refractivity contribution in [2.24, 2.45) is 0 Å². The maximum Gasteiger partial charge on any atom is 0.365 e. The number of hydrogen-bond acceptors (Lipinski definition) is 3. The Morgan fingerprint density at radius 1 is 1.50 bits per heavy atom. The molecule has 1 aromatic carbocycles. The number of rotatable bonds is 3. The van der Waals surface area contributed by atoms with Crippen LogP contribution in [-0.4, -0.2) is 15.8 Å². The number of hydrogen-bond donors (Lipinski definition) is 1. The largest absolute Gasteiger partial charge is 0.481 e. The van der Waals surface area contributed by atoms with E-state index in [9.17, 15) is 9.59 Å². The lowest BCUT2D eigenvalue weighted by Crippen LogP contribution is -2.00. The predicted octanol–water partition coefficient (Wildman–Crippen LogP) is 1.24. The van der Waals surface area contributed by atoms with Gasteiger partial charge in [-0.2, -0.15) is 0 Å². The van der Waals surface area contributed by atoms with Gasteiger partial charge < -0.3 is 9.63 Å². The normalized spacial score (nSPS) is 10.8. The van der Waals surface area contributed by atoms with Gasteiger partial charge in [0.1, 0.15) is 0 Å². The van der Waals surface area contributed by atoms with Gasteiger partial charge in [-0.15, -0.1) is 0 Å². The standard InChI is InChI=1S/C11H11NO4/c1-2-12-9-4-3-7(6-10(13)14)5-8(9)11(15)16-12/h3-5H,2,6H2,1H3,(H,13,14). The molecule has 16 heavy (non-hydrogen) atoms. The van der Waals surface area contributed by atoms with E-state index in [2.05, 4.69) is 0 Å². The van der Waals surface area contributed by atoms with Gasteiger partial charge in [-0.25, -0.2) is 9.53 Å². The van der Waals surface area contributed by atoms with E-state index in [0.29, 0.717) is 23.0 Å². The highest BCUT2D eigenvalue weighted by atomic mass is 16.5. The molecule has 5 nitrogen and oxygen atoms in total. The van der Waals surface area contributed by atoms with Gasteiger partial charge >= 0.3 is 11.6 Å². The SMILES string of the molecule is CCn1oc(=O)c2cc(CC(=O)O)ccc21. The van der Waals surface area contributed by atoms with Crippen LogP contribution in [0.5, 0.6) is 0 Å². The van der Waals surface area contributed by atoms with E-state index in [1.54, 1.807) is 18.2 Å². The average Bonchev–Trinajstić information content (AvgIpc) is 2.55. The van der Waals surface area contributed by atoms with Crippen molar-refractivity contribution in [1.82, 2.24) is 4.74 Å². The van der Waals surface area contributed by atoms with Gasteiger partial charge in [-0.05, 0) is 24.6 Å². The molecule has 0 amide bonds.